The van der Waals surface area contributed by atoms with Crippen LogP contribution in [0, 0.1) is 23.7 Å². The molecule has 0 aromatic heterocycles. The molecule has 2 nitrogen and oxygen atoms in total. The minimum absolute atomic E-state index is 0.289. The van der Waals surface area contributed by atoms with Gasteiger partial charge in [-0.05, 0) is 82.1 Å². The molecule has 0 heterocycles. The lowest BCUT2D eigenvalue weighted by Gasteiger charge is -2.48. The van der Waals surface area contributed by atoms with Gasteiger partial charge in [0.25, 0.3) is 0 Å². The lowest BCUT2D eigenvalue weighted by molar-refractivity contribution is -0.0782. The topological polar surface area (TPSA) is 40.5 Å². The Morgan fingerprint density at radius 1 is 1.23 bits per heavy atom. The molecule has 0 saturated heterocycles. The third kappa shape index (κ3) is 3.83. The Bertz CT molecular complexity index is 445. The Hall–Kier alpha value is -0.600. The molecule has 0 spiro atoms. The van der Waals surface area contributed by atoms with E-state index in [1.165, 1.54) is 5.57 Å². The number of aliphatic hydroxyl groups is 2. The predicted molar refractivity (Wildman–Crippen MR) is 92.5 cm³/mol. The second-order valence-electron chi connectivity index (χ2n) is 8.24. The van der Waals surface area contributed by atoms with Crippen LogP contribution in [-0.4, -0.2) is 21.9 Å². The van der Waals surface area contributed by atoms with Crippen molar-refractivity contribution < 1.29 is 10.2 Å². The number of allylic oxidation sites excluding steroid dienone is 2. The average Bonchev–Trinajstić information content (AvgIpc) is 2.42. The molecule has 2 rings (SSSR count). The van der Waals surface area contributed by atoms with Crippen LogP contribution < -0.4 is 0 Å². The highest BCUT2D eigenvalue weighted by atomic mass is 16.3. The summed E-state index contributed by atoms with van der Waals surface area (Å²) < 4.78 is 0. The maximum absolute atomic E-state index is 11.0. The Balaban J connectivity index is 2.40. The van der Waals surface area contributed by atoms with Crippen LogP contribution in [0.25, 0.3) is 0 Å². The third-order valence-electron chi connectivity index (χ3n) is 6.12. The summed E-state index contributed by atoms with van der Waals surface area (Å²) in [7, 11) is 0. The number of aliphatic hydroxyl groups excluding tert-OH is 1. The van der Waals surface area contributed by atoms with Gasteiger partial charge in [0.05, 0.1) is 11.7 Å². The largest absolute Gasteiger partial charge is 0.390 e. The number of hydrogen-bond donors (Lipinski definition) is 2. The first-order valence-electron chi connectivity index (χ1n) is 8.96. The molecule has 0 aromatic carbocycles. The van der Waals surface area contributed by atoms with Crippen LogP contribution in [0.4, 0.5) is 0 Å². The van der Waals surface area contributed by atoms with E-state index >= 15 is 0 Å². The summed E-state index contributed by atoms with van der Waals surface area (Å²) >= 11 is 0. The first-order valence-corrected chi connectivity index (χ1v) is 8.96. The van der Waals surface area contributed by atoms with Gasteiger partial charge in [-0.15, -0.1) is 0 Å². The van der Waals surface area contributed by atoms with Crippen molar-refractivity contribution in [1.82, 2.24) is 0 Å². The predicted octanol–water partition coefficient (Wildman–Crippen LogP) is 4.47. The van der Waals surface area contributed by atoms with E-state index < -0.39 is 5.60 Å². The van der Waals surface area contributed by atoms with Gasteiger partial charge in [-0.25, -0.2) is 0 Å². The molecule has 2 aliphatic rings. The van der Waals surface area contributed by atoms with Crippen LogP contribution in [0.5, 0.6) is 0 Å². The molecule has 2 heteroatoms. The number of rotatable bonds is 1. The van der Waals surface area contributed by atoms with Gasteiger partial charge in [-0.2, -0.15) is 0 Å². The van der Waals surface area contributed by atoms with E-state index in [1.54, 1.807) is 0 Å². The van der Waals surface area contributed by atoms with Gasteiger partial charge in [0.1, 0.15) is 0 Å². The van der Waals surface area contributed by atoms with Crippen molar-refractivity contribution in [2.45, 2.75) is 78.4 Å². The van der Waals surface area contributed by atoms with Gasteiger partial charge < -0.3 is 10.2 Å². The van der Waals surface area contributed by atoms with Crippen LogP contribution in [0.15, 0.2) is 23.3 Å². The fourth-order valence-corrected chi connectivity index (χ4v) is 4.47. The lowest BCUT2D eigenvalue weighted by Crippen LogP contribution is -2.47. The molecule has 1 saturated carbocycles. The highest BCUT2D eigenvalue weighted by Crippen LogP contribution is 2.48. The minimum atomic E-state index is -0.586. The molecule has 0 aliphatic heterocycles. The van der Waals surface area contributed by atoms with Crippen molar-refractivity contribution in [2.75, 3.05) is 0 Å². The maximum atomic E-state index is 11.0. The molecule has 0 amide bonds. The van der Waals surface area contributed by atoms with E-state index in [9.17, 15) is 10.2 Å². The molecule has 2 aliphatic carbocycles. The lowest BCUT2D eigenvalue weighted by atomic mass is 9.60. The van der Waals surface area contributed by atoms with Gasteiger partial charge >= 0.3 is 0 Å². The highest BCUT2D eigenvalue weighted by Gasteiger charge is 2.45. The fourth-order valence-electron chi connectivity index (χ4n) is 4.47. The quantitative estimate of drug-likeness (QED) is 0.702. The van der Waals surface area contributed by atoms with E-state index in [4.69, 9.17) is 0 Å². The Labute approximate surface area is 136 Å². The van der Waals surface area contributed by atoms with Crippen molar-refractivity contribution >= 4 is 0 Å². The zero-order valence-electron chi connectivity index (χ0n) is 15.0. The molecule has 0 radical (unpaired) electrons. The molecular formula is C20H34O2. The molecule has 22 heavy (non-hydrogen) atoms. The second kappa shape index (κ2) is 6.88. The summed E-state index contributed by atoms with van der Waals surface area (Å²) in [4.78, 5) is 0. The summed E-state index contributed by atoms with van der Waals surface area (Å²) in [5, 5.41) is 21.4. The maximum Gasteiger partial charge on any atom is 0.0782 e. The summed E-state index contributed by atoms with van der Waals surface area (Å²) in [6.07, 6.45) is 8.85. The standard InChI is InChI=1S/C20H34O2/c1-13(2)16-10-11-20(5,22)18-8-6-14(3)7-9-19(21)15(4)12-17(16)18/h7,12-13,16-19,21-22H,6,8-11H2,1-5H3/b14-7+,15-12-/t16-,17+,18+,19-,20+/m0/s1. The van der Waals surface area contributed by atoms with E-state index in [2.05, 4.69) is 32.9 Å². The Morgan fingerprint density at radius 3 is 2.55 bits per heavy atom. The van der Waals surface area contributed by atoms with E-state index in [0.29, 0.717) is 24.2 Å². The zero-order chi connectivity index (χ0) is 16.5. The summed E-state index contributed by atoms with van der Waals surface area (Å²) in [5.41, 5.74) is 1.83. The molecule has 0 bridgehead atoms. The monoisotopic (exact) mass is 306 g/mol. The number of fused-ring (bicyclic) bond motifs is 1. The van der Waals surface area contributed by atoms with E-state index in [0.717, 1.165) is 31.3 Å². The van der Waals surface area contributed by atoms with Crippen molar-refractivity contribution in [3.05, 3.63) is 23.3 Å². The molecule has 126 valence electrons. The van der Waals surface area contributed by atoms with Crippen molar-refractivity contribution in [3.63, 3.8) is 0 Å². The van der Waals surface area contributed by atoms with Crippen LogP contribution in [0.2, 0.25) is 0 Å². The van der Waals surface area contributed by atoms with Crippen LogP contribution in [0.3, 0.4) is 0 Å². The first kappa shape index (κ1) is 17.7. The molecular weight excluding hydrogens is 272 g/mol. The van der Waals surface area contributed by atoms with Crippen LogP contribution in [0.1, 0.15) is 66.7 Å². The molecule has 1 fully saturated rings. The third-order valence-corrected chi connectivity index (χ3v) is 6.12. The smallest absolute Gasteiger partial charge is 0.0782 e. The van der Waals surface area contributed by atoms with Gasteiger partial charge in [0.15, 0.2) is 0 Å². The van der Waals surface area contributed by atoms with Crippen molar-refractivity contribution in [2.24, 2.45) is 23.7 Å². The molecule has 0 unspecified atom stereocenters. The van der Waals surface area contributed by atoms with Gasteiger partial charge in [0.2, 0.25) is 0 Å². The number of hydrogen-bond acceptors (Lipinski definition) is 2. The average molecular weight is 306 g/mol. The molecule has 2 N–H and O–H groups in total. The zero-order valence-corrected chi connectivity index (χ0v) is 15.0. The van der Waals surface area contributed by atoms with Gasteiger partial charge in [0, 0.05) is 0 Å². The minimum Gasteiger partial charge on any atom is -0.390 e. The highest BCUT2D eigenvalue weighted by molar-refractivity contribution is 5.16. The van der Waals surface area contributed by atoms with Gasteiger partial charge in [-0.1, -0.05) is 31.6 Å². The van der Waals surface area contributed by atoms with Crippen molar-refractivity contribution in [1.29, 1.82) is 0 Å². The van der Waals surface area contributed by atoms with E-state index in [-0.39, 0.29) is 12.0 Å². The Kier molecular flexibility index (Phi) is 5.55. The molecule has 5 atom stereocenters. The summed E-state index contributed by atoms with van der Waals surface area (Å²) in [6, 6.07) is 0. The molecule has 0 aromatic rings. The fraction of sp³-hybridized carbons (Fsp3) is 0.800. The van der Waals surface area contributed by atoms with Gasteiger partial charge in [-0.3, -0.25) is 0 Å². The van der Waals surface area contributed by atoms with E-state index in [1.807, 2.05) is 13.8 Å². The first-order chi connectivity index (χ1) is 10.2. The second-order valence-corrected chi connectivity index (χ2v) is 8.24. The van der Waals surface area contributed by atoms with Crippen molar-refractivity contribution in [3.8, 4) is 0 Å². The normalized spacial score (nSPS) is 45.5. The summed E-state index contributed by atoms with van der Waals surface area (Å²) in [6.45, 7) is 10.8. The van der Waals surface area contributed by atoms with Crippen LogP contribution in [-0.2, 0) is 0 Å². The summed E-state index contributed by atoms with van der Waals surface area (Å²) in [5.74, 6) is 1.89. The SMILES string of the molecule is C/C1=C/[C@H]2[C@@H](CC/C(C)=C/C[C@@H]1O)[C@](C)(O)CC[C@H]2C(C)C. The Morgan fingerprint density at radius 2 is 1.91 bits per heavy atom. The van der Waals surface area contributed by atoms with Crippen LogP contribution >= 0.6 is 0 Å².